The highest BCUT2D eigenvalue weighted by molar-refractivity contribution is 6.30. The first-order chi connectivity index (χ1) is 12.1. The van der Waals surface area contributed by atoms with Crippen LogP contribution in [0.2, 0.25) is 5.02 Å². The van der Waals surface area contributed by atoms with E-state index < -0.39 is 5.63 Å². The van der Waals surface area contributed by atoms with Crippen molar-refractivity contribution >= 4 is 23.0 Å². The number of benzene rings is 2. The molecular weight excluding hydrogens is 342 g/mol. The highest BCUT2D eigenvalue weighted by Gasteiger charge is 2.10. The van der Waals surface area contributed by atoms with Crippen molar-refractivity contribution < 1.29 is 13.9 Å². The Morgan fingerprint density at radius 3 is 2.28 bits per heavy atom. The summed E-state index contributed by atoms with van der Waals surface area (Å²) in [5.74, 6) is 1.58. The molecular formula is C19H16ClNO4. The van der Waals surface area contributed by atoms with Crippen LogP contribution in [0.4, 0.5) is 11.4 Å². The van der Waals surface area contributed by atoms with Gasteiger partial charge < -0.3 is 19.2 Å². The third-order valence-electron chi connectivity index (χ3n) is 3.57. The first-order valence-corrected chi connectivity index (χ1v) is 7.87. The molecule has 1 heterocycles. The van der Waals surface area contributed by atoms with Gasteiger partial charge in [-0.3, -0.25) is 0 Å². The van der Waals surface area contributed by atoms with Gasteiger partial charge in [-0.05, 0) is 42.5 Å². The highest BCUT2D eigenvalue weighted by Crippen LogP contribution is 2.32. The lowest BCUT2D eigenvalue weighted by atomic mass is 10.1. The molecule has 0 radical (unpaired) electrons. The van der Waals surface area contributed by atoms with E-state index in [2.05, 4.69) is 5.32 Å². The Labute approximate surface area is 149 Å². The van der Waals surface area contributed by atoms with E-state index in [1.165, 1.54) is 6.07 Å². The third kappa shape index (κ3) is 3.95. The second kappa shape index (κ2) is 7.32. The topological polar surface area (TPSA) is 60.7 Å². The number of methoxy groups -OCH3 is 2. The van der Waals surface area contributed by atoms with E-state index in [-0.39, 0.29) is 0 Å². The van der Waals surface area contributed by atoms with Crippen LogP contribution in [-0.2, 0) is 0 Å². The van der Waals surface area contributed by atoms with Crippen LogP contribution in [0.15, 0.2) is 63.8 Å². The molecule has 0 aliphatic rings. The quantitative estimate of drug-likeness (QED) is 0.715. The van der Waals surface area contributed by atoms with Crippen molar-refractivity contribution in [3.63, 3.8) is 0 Å². The number of hydrogen-bond donors (Lipinski definition) is 1. The largest absolute Gasteiger partial charge is 0.493 e. The Morgan fingerprint density at radius 1 is 0.880 bits per heavy atom. The molecule has 0 spiro atoms. The Bertz CT molecular complexity index is 935. The number of ether oxygens (including phenoxy) is 2. The van der Waals surface area contributed by atoms with Crippen LogP contribution < -0.4 is 20.4 Å². The predicted octanol–water partition coefficient (Wildman–Crippen LogP) is 4.72. The summed E-state index contributed by atoms with van der Waals surface area (Å²) in [7, 11) is 3.12. The van der Waals surface area contributed by atoms with Crippen LogP contribution in [0.5, 0.6) is 11.5 Å². The Kier molecular flexibility index (Phi) is 4.95. The highest BCUT2D eigenvalue weighted by atomic mass is 35.5. The summed E-state index contributed by atoms with van der Waals surface area (Å²) in [4.78, 5) is 11.9. The van der Waals surface area contributed by atoms with Gasteiger partial charge >= 0.3 is 5.63 Å². The molecule has 0 unspecified atom stereocenters. The molecule has 0 aliphatic carbocycles. The summed E-state index contributed by atoms with van der Waals surface area (Å²) < 4.78 is 15.8. The minimum absolute atomic E-state index is 0.421. The molecule has 0 saturated carbocycles. The van der Waals surface area contributed by atoms with Crippen molar-refractivity contribution in [2.75, 3.05) is 19.5 Å². The van der Waals surface area contributed by atoms with Gasteiger partial charge in [-0.15, -0.1) is 0 Å². The average Bonchev–Trinajstić information content (AvgIpc) is 2.62. The second-order valence-electron chi connectivity index (χ2n) is 5.23. The molecule has 0 atom stereocenters. The van der Waals surface area contributed by atoms with Crippen LogP contribution in [0.25, 0.3) is 11.3 Å². The van der Waals surface area contributed by atoms with Crippen LogP contribution in [-0.4, -0.2) is 14.2 Å². The van der Waals surface area contributed by atoms with Gasteiger partial charge in [-0.25, -0.2) is 4.79 Å². The second-order valence-corrected chi connectivity index (χ2v) is 5.67. The van der Waals surface area contributed by atoms with Crippen molar-refractivity contribution in [1.82, 2.24) is 0 Å². The lowest BCUT2D eigenvalue weighted by molar-refractivity contribution is 0.355. The number of anilines is 2. The zero-order valence-electron chi connectivity index (χ0n) is 13.7. The fourth-order valence-electron chi connectivity index (χ4n) is 2.38. The number of nitrogens with one attached hydrogen (secondary N) is 1. The summed E-state index contributed by atoms with van der Waals surface area (Å²) in [6, 6.07) is 15.6. The van der Waals surface area contributed by atoms with E-state index in [0.29, 0.717) is 33.5 Å². The lowest BCUT2D eigenvalue weighted by Gasteiger charge is -2.10. The van der Waals surface area contributed by atoms with Gasteiger partial charge in [-0.1, -0.05) is 11.6 Å². The fourth-order valence-corrected chi connectivity index (χ4v) is 2.51. The van der Waals surface area contributed by atoms with Crippen molar-refractivity contribution in [3.05, 3.63) is 70.0 Å². The molecule has 25 heavy (non-hydrogen) atoms. The first-order valence-electron chi connectivity index (χ1n) is 7.49. The minimum atomic E-state index is -0.455. The molecule has 1 N–H and O–H groups in total. The van der Waals surface area contributed by atoms with E-state index in [9.17, 15) is 4.79 Å². The van der Waals surface area contributed by atoms with E-state index in [4.69, 9.17) is 25.5 Å². The molecule has 3 aromatic rings. The van der Waals surface area contributed by atoms with E-state index in [1.54, 1.807) is 50.6 Å². The number of rotatable bonds is 5. The Hall–Kier alpha value is -2.92. The molecule has 0 amide bonds. The summed E-state index contributed by atoms with van der Waals surface area (Å²) in [5.41, 5.74) is 1.68. The van der Waals surface area contributed by atoms with Crippen LogP contribution in [0.1, 0.15) is 0 Å². The lowest BCUT2D eigenvalue weighted by Crippen LogP contribution is -2.01. The molecule has 1 aromatic heterocycles. The van der Waals surface area contributed by atoms with Crippen molar-refractivity contribution in [3.8, 4) is 22.8 Å². The molecule has 6 heteroatoms. The van der Waals surface area contributed by atoms with E-state index in [1.807, 2.05) is 12.1 Å². The van der Waals surface area contributed by atoms with Crippen LogP contribution >= 0.6 is 11.6 Å². The molecule has 0 fully saturated rings. The molecule has 5 nitrogen and oxygen atoms in total. The number of hydrogen-bond acceptors (Lipinski definition) is 5. The third-order valence-corrected chi connectivity index (χ3v) is 3.82. The maximum absolute atomic E-state index is 11.9. The van der Waals surface area contributed by atoms with Gasteiger partial charge in [0, 0.05) is 34.1 Å². The van der Waals surface area contributed by atoms with Crippen LogP contribution in [0, 0.1) is 0 Å². The molecule has 0 bridgehead atoms. The average molecular weight is 358 g/mol. The first kappa shape index (κ1) is 16.9. The van der Waals surface area contributed by atoms with E-state index >= 15 is 0 Å². The van der Waals surface area contributed by atoms with Gasteiger partial charge in [0.15, 0.2) is 11.5 Å². The van der Waals surface area contributed by atoms with Gasteiger partial charge in [0.25, 0.3) is 0 Å². The normalized spacial score (nSPS) is 10.4. The monoisotopic (exact) mass is 357 g/mol. The Morgan fingerprint density at radius 2 is 1.60 bits per heavy atom. The fraction of sp³-hybridized carbons (Fsp3) is 0.105. The molecule has 0 aliphatic heterocycles. The summed E-state index contributed by atoms with van der Waals surface area (Å²) in [6.07, 6.45) is 0. The van der Waals surface area contributed by atoms with Gasteiger partial charge in [0.2, 0.25) is 0 Å². The van der Waals surface area contributed by atoms with Crippen molar-refractivity contribution in [2.24, 2.45) is 0 Å². The summed E-state index contributed by atoms with van der Waals surface area (Å²) in [6.45, 7) is 0. The van der Waals surface area contributed by atoms with Gasteiger partial charge in [-0.2, -0.15) is 0 Å². The Balaban J connectivity index is 1.96. The van der Waals surface area contributed by atoms with Crippen molar-refractivity contribution in [1.29, 1.82) is 0 Å². The zero-order valence-corrected chi connectivity index (χ0v) is 14.5. The predicted molar refractivity (Wildman–Crippen MR) is 98.3 cm³/mol. The number of halogens is 1. The van der Waals surface area contributed by atoms with Gasteiger partial charge in [0.1, 0.15) is 5.76 Å². The van der Waals surface area contributed by atoms with E-state index in [0.717, 1.165) is 5.69 Å². The van der Waals surface area contributed by atoms with Crippen LogP contribution in [0.3, 0.4) is 0 Å². The molecule has 0 saturated heterocycles. The zero-order chi connectivity index (χ0) is 17.8. The maximum Gasteiger partial charge on any atom is 0.338 e. The standard InChI is InChI=1S/C19H16ClNO4/c1-23-16-8-3-12(9-18(16)24-2)17-10-15(11-19(22)25-17)21-14-6-4-13(20)5-7-14/h3-11,21H,1-2H3. The van der Waals surface area contributed by atoms with Crippen molar-refractivity contribution in [2.45, 2.75) is 0 Å². The summed E-state index contributed by atoms with van der Waals surface area (Å²) >= 11 is 5.88. The van der Waals surface area contributed by atoms with Gasteiger partial charge in [0.05, 0.1) is 14.2 Å². The smallest absolute Gasteiger partial charge is 0.338 e. The molecule has 2 aromatic carbocycles. The molecule has 3 rings (SSSR count). The SMILES string of the molecule is COc1ccc(-c2cc(Nc3ccc(Cl)cc3)cc(=O)o2)cc1OC. The maximum atomic E-state index is 11.9. The summed E-state index contributed by atoms with van der Waals surface area (Å²) in [5, 5.41) is 3.80. The molecule has 128 valence electrons. The minimum Gasteiger partial charge on any atom is -0.493 e.